The summed E-state index contributed by atoms with van der Waals surface area (Å²) >= 11 is 0. The van der Waals surface area contributed by atoms with E-state index >= 15 is 0 Å². The lowest BCUT2D eigenvalue weighted by Crippen LogP contribution is -2.35. The van der Waals surface area contributed by atoms with E-state index in [9.17, 15) is 10.2 Å². The normalized spacial score (nSPS) is 31.7. The standard InChI is InChI=1S/C13H18O5/c1-16-12-11(14)10(18-13(12)15)8-17-7-9-5-3-2-4-6-9/h2-6,10-15H,7-8H2,1H3/t10-,11-,12-,13+/m1/s1. The summed E-state index contributed by atoms with van der Waals surface area (Å²) in [5, 5.41) is 19.3. The van der Waals surface area contributed by atoms with E-state index in [1.807, 2.05) is 30.3 Å². The van der Waals surface area contributed by atoms with Gasteiger partial charge in [0.15, 0.2) is 6.29 Å². The zero-order valence-corrected chi connectivity index (χ0v) is 10.2. The van der Waals surface area contributed by atoms with Crippen LogP contribution >= 0.6 is 0 Å². The van der Waals surface area contributed by atoms with Gasteiger partial charge in [0.25, 0.3) is 0 Å². The third kappa shape index (κ3) is 3.07. The molecule has 0 aliphatic carbocycles. The number of methoxy groups -OCH3 is 1. The molecule has 0 bridgehead atoms. The molecule has 5 nitrogen and oxygen atoms in total. The molecule has 100 valence electrons. The van der Waals surface area contributed by atoms with Crippen molar-refractivity contribution in [2.45, 2.75) is 31.2 Å². The molecule has 1 aliphatic rings. The minimum Gasteiger partial charge on any atom is -0.387 e. The van der Waals surface area contributed by atoms with Crippen LogP contribution in [0.15, 0.2) is 30.3 Å². The first-order valence-electron chi connectivity index (χ1n) is 5.88. The maximum absolute atomic E-state index is 9.83. The first kappa shape index (κ1) is 13.5. The summed E-state index contributed by atoms with van der Waals surface area (Å²) in [6.45, 7) is 0.661. The molecule has 0 saturated carbocycles. The fourth-order valence-corrected chi connectivity index (χ4v) is 1.98. The minimum atomic E-state index is -1.10. The highest BCUT2D eigenvalue weighted by Gasteiger charge is 2.43. The molecule has 0 amide bonds. The molecule has 1 aromatic carbocycles. The second-order valence-corrected chi connectivity index (χ2v) is 4.26. The molecule has 1 fully saturated rings. The number of hydrogen-bond donors (Lipinski definition) is 2. The Balaban J connectivity index is 1.78. The van der Waals surface area contributed by atoms with Gasteiger partial charge < -0.3 is 24.4 Å². The molecule has 0 spiro atoms. The lowest BCUT2D eigenvalue weighted by Gasteiger charge is -2.16. The van der Waals surface area contributed by atoms with Crippen LogP contribution in [0.25, 0.3) is 0 Å². The van der Waals surface area contributed by atoms with Gasteiger partial charge in [0.2, 0.25) is 0 Å². The van der Waals surface area contributed by atoms with E-state index in [-0.39, 0.29) is 6.61 Å². The molecular weight excluding hydrogens is 236 g/mol. The maximum Gasteiger partial charge on any atom is 0.184 e. The maximum atomic E-state index is 9.83. The highest BCUT2D eigenvalue weighted by atomic mass is 16.7. The van der Waals surface area contributed by atoms with Gasteiger partial charge in [-0.3, -0.25) is 0 Å². The number of hydrogen-bond acceptors (Lipinski definition) is 5. The van der Waals surface area contributed by atoms with Crippen molar-refractivity contribution in [2.75, 3.05) is 13.7 Å². The number of benzene rings is 1. The van der Waals surface area contributed by atoms with Crippen LogP contribution in [0.3, 0.4) is 0 Å². The summed E-state index contributed by atoms with van der Waals surface area (Å²) in [6, 6.07) is 9.72. The Labute approximate surface area is 106 Å². The van der Waals surface area contributed by atoms with Gasteiger partial charge in [0.1, 0.15) is 18.3 Å². The van der Waals surface area contributed by atoms with Crippen LogP contribution in [-0.4, -0.2) is 48.5 Å². The van der Waals surface area contributed by atoms with Gasteiger partial charge in [0.05, 0.1) is 13.2 Å². The Hall–Kier alpha value is -0.980. The number of rotatable bonds is 5. The van der Waals surface area contributed by atoms with Crippen LogP contribution in [-0.2, 0) is 20.8 Å². The monoisotopic (exact) mass is 254 g/mol. The van der Waals surface area contributed by atoms with Crippen molar-refractivity contribution in [1.29, 1.82) is 0 Å². The topological polar surface area (TPSA) is 68.2 Å². The molecule has 0 unspecified atom stereocenters. The molecule has 0 radical (unpaired) electrons. The zero-order valence-electron chi connectivity index (χ0n) is 10.2. The summed E-state index contributed by atoms with van der Waals surface area (Å²) in [5.74, 6) is 0. The molecule has 2 rings (SSSR count). The highest BCUT2D eigenvalue weighted by Crippen LogP contribution is 2.22. The van der Waals surface area contributed by atoms with E-state index < -0.39 is 24.6 Å². The molecule has 0 aromatic heterocycles. The average molecular weight is 254 g/mol. The number of ether oxygens (including phenoxy) is 3. The molecule has 1 heterocycles. The second-order valence-electron chi connectivity index (χ2n) is 4.26. The van der Waals surface area contributed by atoms with Crippen molar-refractivity contribution >= 4 is 0 Å². The molecule has 1 aliphatic heterocycles. The molecule has 5 heteroatoms. The molecular formula is C13H18O5. The van der Waals surface area contributed by atoms with Crippen molar-refractivity contribution in [3.8, 4) is 0 Å². The van der Waals surface area contributed by atoms with Crippen LogP contribution in [0.2, 0.25) is 0 Å². The minimum absolute atomic E-state index is 0.215. The largest absolute Gasteiger partial charge is 0.387 e. The molecule has 2 N–H and O–H groups in total. The lowest BCUT2D eigenvalue weighted by atomic mass is 10.1. The summed E-state index contributed by atoms with van der Waals surface area (Å²) in [5.41, 5.74) is 1.05. The van der Waals surface area contributed by atoms with Gasteiger partial charge in [0, 0.05) is 7.11 Å². The Morgan fingerprint density at radius 1 is 1.22 bits per heavy atom. The van der Waals surface area contributed by atoms with Crippen molar-refractivity contribution < 1.29 is 24.4 Å². The summed E-state index contributed by atoms with van der Waals surface area (Å²) in [7, 11) is 1.42. The van der Waals surface area contributed by atoms with E-state index in [0.717, 1.165) is 5.56 Å². The fourth-order valence-electron chi connectivity index (χ4n) is 1.98. The predicted octanol–water partition coefficient (Wildman–Crippen LogP) is 0.296. The van der Waals surface area contributed by atoms with Crippen LogP contribution in [0.5, 0.6) is 0 Å². The molecule has 4 atom stereocenters. The van der Waals surface area contributed by atoms with Crippen LogP contribution in [0.4, 0.5) is 0 Å². The Bertz CT molecular complexity index is 356. The zero-order chi connectivity index (χ0) is 13.0. The van der Waals surface area contributed by atoms with Gasteiger partial charge in [-0.15, -0.1) is 0 Å². The summed E-state index contributed by atoms with van der Waals surface area (Å²) < 4.78 is 15.6. The van der Waals surface area contributed by atoms with Gasteiger partial charge in [-0.25, -0.2) is 0 Å². The molecule has 18 heavy (non-hydrogen) atoms. The Kier molecular flexibility index (Phi) is 4.68. The first-order valence-corrected chi connectivity index (χ1v) is 5.88. The predicted molar refractivity (Wildman–Crippen MR) is 63.8 cm³/mol. The van der Waals surface area contributed by atoms with E-state index in [1.165, 1.54) is 7.11 Å². The number of aliphatic hydroxyl groups is 2. The second kappa shape index (κ2) is 6.26. The average Bonchev–Trinajstić information content (AvgIpc) is 2.65. The third-order valence-corrected chi connectivity index (χ3v) is 2.98. The first-order chi connectivity index (χ1) is 8.72. The van der Waals surface area contributed by atoms with E-state index in [1.54, 1.807) is 0 Å². The SMILES string of the molecule is CO[C@@H]1[C@H](O)[C@@H](COCc2ccccc2)O[C@@H]1O. The van der Waals surface area contributed by atoms with Crippen molar-refractivity contribution in [2.24, 2.45) is 0 Å². The van der Waals surface area contributed by atoms with E-state index in [4.69, 9.17) is 14.2 Å². The third-order valence-electron chi connectivity index (χ3n) is 2.98. The van der Waals surface area contributed by atoms with Crippen LogP contribution < -0.4 is 0 Å². The van der Waals surface area contributed by atoms with Crippen LogP contribution in [0.1, 0.15) is 5.56 Å². The molecule has 1 aromatic rings. The summed E-state index contributed by atoms with van der Waals surface area (Å²) in [4.78, 5) is 0. The summed E-state index contributed by atoms with van der Waals surface area (Å²) in [6.07, 6.45) is -3.25. The van der Waals surface area contributed by atoms with Crippen molar-refractivity contribution in [3.63, 3.8) is 0 Å². The van der Waals surface area contributed by atoms with Gasteiger partial charge in [-0.1, -0.05) is 30.3 Å². The fraction of sp³-hybridized carbons (Fsp3) is 0.538. The lowest BCUT2D eigenvalue weighted by molar-refractivity contribution is -0.143. The van der Waals surface area contributed by atoms with Gasteiger partial charge >= 0.3 is 0 Å². The van der Waals surface area contributed by atoms with Crippen LogP contribution in [0, 0.1) is 0 Å². The smallest absolute Gasteiger partial charge is 0.184 e. The van der Waals surface area contributed by atoms with Crippen molar-refractivity contribution in [3.05, 3.63) is 35.9 Å². The van der Waals surface area contributed by atoms with Gasteiger partial charge in [-0.2, -0.15) is 0 Å². The highest BCUT2D eigenvalue weighted by molar-refractivity contribution is 5.13. The number of aliphatic hydroxyl groups excluding tert-OH is 2. The van der Waals surface area contributed by atoms with Gasteiger partial charge in [-0.05, 0) is 5.56 Å². The quantitative estimate of drug-likeness (QED) is 0.791. The molecule has 1 saturated heterocycles. The van der Waals surface area contributed by atoms with E-state index in [2.05, 4.69) is 0 Å². The van der Waals surface area contributed by atoms with Crippen molar-refractivity contribution in [1.82, 2.24) is 0 Å². The van der Waals surface area contributed by atoms with E-state index in [0.29, 0.717) is 6.61 Å². The Morgan fingerprint density at radius 2 is 1.94 bits per heavy atom. The Morgan fingerprint density at radius 3 is 2.56 bits per heavy atom.